The summed E-state index contributed by atoms with van der Waals surface area (Å²) in [4.78, 5) is 10.7. The summed E-state index contributed by atoms with van der Waals surface area (Å²) in [5.41, 5.74) is 0. The number of carbonyl (C=O) groups is 1. The molecule has 1 rings (SSSR count). The quantitative estimate of drug-likeness (QED) is 0.512. The predicted octanol–water partition coefficient (Wildman–Crippen LogP) is 1.24. The molecule has 3 nitrogen and oxygen atoms in total. The smallest absolute Gasteiger partial charge is 0.308 e. The van der Waals surface area contributed by atoms with E-state index >= 15 is 0 Å². The molecule has 3 heteroatoms. The minimum absolute atomic E-state index is 0.177. The van der Waals surface area contributed by atoms with Gasteiger partial charge in [0.15, 0.2) is 0 Å². The third-order valence-electron chi connectivity index (χ3n) is 2.18. The Morgan fingerprint density at radius 1 is 1.58 bits per heavy atom. The van der Waals surface area contributed by atoms with Crippen LogP contribution in [0.1, 0.15) is 39.0 Å². The molecule has 0 aliphatic carbocycles. The molecule has 1 fully saturated rings. The van der Waals surface area contributed by atoms with Crippen LogP contribution >= 0.6 is 0 Å². The first-order valence-corrected chi connectivity index (χ1v) is 4.61. The molecule has 0 radical (unpaired) electrons. The lowest BCUT2D eigenvalue weighted by Gasteiger charge is -2.11. The van der Waals surface area contributed by atoms with Crippen LogP contribution < -0.4 is 0 Å². The van der Waals surface area contributed by atoms with Crippen LogP contribution in [0.3, 0.4) is 0 Å². The standard InChI is InChI=1S/C9H16O3/c1-2-3-4-5-8-7(10)6-9(11)12-8/h7-8,10H,2-6H2,1H3. The normalized spacial score (nSPS) is 29.0. The van der Waals surface area contributed by atoms with Crippen molar-refractivity contribution in [1.29, 1.82) is 0 Å². The van der Waals surface area contributed by atoms with Gasteiger partial charge in [-0.15, -0.1) is 0 Å². The summed E-state index contributed by atoms with van der Waals surface area (Å²) in [5.74, 6) is -0.260. The SMILES string of the molecule is CCCCCC1OC(=O)CC1O. The number of esters is 1. The molecule has 70 valence electrons. The highest BCUT2D eigenvalue weighted by atomic mass is 16.6. The van der Waals surface area contributed by atoms with Gasteiger partial charge in [0.25, 0.3) is 0 Å². The minimum Gasteiger partial charge on any atom is -0.460 e. The van der Waals surface area contributed by atoms with Crippen LogP contribution in [0.5, 0.6) is 0 Å². The van der Waals surface area contributed by atoms with Crippen molar-refractivity contribution in [1.82, 2.24) is 0 Å². The second-order valence-corrected chi connectivity index (χ2v) is 3.30. The fourth-order valence-electron chi connectivity index (χ4n) is 1.44. The van der Waals surface area contributed by atoms with Crippen LogP contribution in [0.4, 0.5) is 0 Å². The van der Waals surface area contributed by atoms with Gasteiger partial charge >= 0.3 is 5.97 Å². The second-order valence-electron chi connectivity index (χ2n) is 3.30. The fraction of sp³-hybridized carbons (Fsp3) is 0.889. The molecule has 0 bridgehead atoms. The van der Waals surface area contributed by atoms with Crippen molar-refractivity contribution in [2.45, 2.75) is 51.2 Å². The monoisotopic (exact) mass is 172 g/mol. The van der Waals surface area contributed by atoms with Crippen LogP contribution in [0, 0.1) is 0 Å². The van der Waals surface area contributed by atoms with Gasteiger partial charge in [-0.1, -0.05) is 19.8 Å². The van der Waals surface area contributed by atoms with Crippen molar-refractivity contribution in [3.05, 3.63) is 0 Å². The van der Waals surface area contributed by atoms with Crippen LogP contribution in [0.2, 0.25) is 0 Å². The van der Waals surface area contributed by atoms with E-state index in [4.69, 9.17) is 4.74 Å². The number of hydrogen-bond acceptors (Lipinski definition) is 3. The Hall–Kier alpha value is -0.570. The van der Waals surface area contributed by atoms with Gasteiger partial charge in [0.05, 0.1) is 6.42 Å². The maximum atomic E-state index is 10.7. The average Bonchev–Trinajstić information content (AvgIpc) is 2.31. The summed E-state index contributed by atoms with van der Waals surface area (Å²) in [5, 5.41) is 9.31. The molecular weight excluding hydrogens is 156 g/mol. The molecule has 0 aromatic heterocycles. The Bertz CT molecular complexity index is 156. The number of aliphatic hydroxyl groups excluding tert-OH is 1. The largest absolute Gasteiger partial charge is 0.460 e. The summed E-state index contributed by atoms with van der Waals surface area (Å²) >= 11 is 0. The van der Waals surface area contributed by atoms with E-state index in [-0.39, 0.29) is 18.5 Å². The molecule has 1 N–H and O–H groups in total. The molecular formula is C9H16O3. The molecule has 1 heterocycles. The van der Waals surface area contributed by atoms with Gasteiger partial charge < -0.3 is 9.84 Å². The Kier molecular flexibility index (Phi) is 3.53. The van der Waals surface area contributed by atoms with E-state index in [1.807, 2.05) is 0 Å². The Balaban J connectivity index is 2.19. The first-order valence-electron chi connectivity index (χ1n) is 4.61. The van der Waals surface area contributed by atoms with Gasteiger partial charge in [-0.05, 0) is 12.8 Å². The average molecular weight is 172 g/mol. The molecule has 0 aromatic carbocycles. The van der Waals surface area contributed by atoms with Crippen LogP contribution in [-0.4, -0.2) is 23.3 Å². The van der Waals surface area contributed by atoms with Gasteiger partial charge in [0, 0.05) is 0 Å². The molecule has 0 amide bonds. The predicted molar refractivity (Wildman–Crippen MR) is 44.6 cm³/mol. The zero-order chi connectivity index (χ0) is 8.97. The lowest BCUT2D eigenvalue weighted by molar-refractivity contribution is -0.142. The summed E-state index contributed by atoms with van der Waals surface area (Å²) in [7, 11) is 0. The lowest BCUT2D eigenvalue weighted by Crippen LogP contribution is -2.20. The molecule has 2 unspecified atom stereocenters. The number of rotatable bonds is 4. The number of hydrogen-bond donors (Lipinski definition) is 1. The van der Waals surface area contributed by atoms with Crippen molar-refractivity contribution in [3.63, 3.8) is 0 Å². The maximum Gasteiger partial charge on any atom is 0.308 e. The maximum absolute atomic E-state index is 10.7. The lowest BCUT2D eigenvalue weighted by atomic mass is 10.1. The van der Waals surface area contributed by atoms with Crippen molar-refractivity contribution in [2.24, 2.45) is 0 Å². The molecule has 0 saturated carbocycles. The van der Waals surface area contributed by atoms with E-state index in [9.17, 15) is 9.90 Å². The molecule has 0 aromatic rings. The number of carbonyl (C=O) groups excluding carboxylic acids is 1. The van der Waals surface area contributed by atoms with Crippen LogP contribution in [0.25, 0.3) is 0 Å². The van der Waals surface area contributed by atoms with E-state index in [0.29, 0.717) is 0 Å². The molecule has 1 aliphatic rings. The highest BCUT2D eigenvalue weighted by Gasteiger charge is 2.32. The van der Waals surface area contributed by atoms with Gasteiger partial charge in [0.1, 0.15) is 12.2 Å². The number of cyclic esters (lactones) is 1. The van der Waals surface area contributed by atoms with E-state index in [1.165, 1.54) is 0 Å². The summed E-state index contributed by atoms with van der Waals surface area (Å²) in [6.07, 6.45) is 3.51. The summed E-state index contributed by atoms with van der Waals surface area (Å²) in [6, 6.07) is 0. The van der Waals surface area contributed by atoms with Crippen LogP contribution in [-0.2, 0) is 9.53 Å². The molecule has 2 atom stereocenters. The van der Waals surface area contributed by atoms with Crippen molar-refractivity contribution in [2.75, 3.05) is 0 Å². The Labute approximate surface area is 72.7 Å². The summed E-state index contributed by atoms with van der Waals surface area (Å²) < 4.78 is 4.93. The molecule has 12 heavy (non-hydrogen) atoms. The highest BCUT2D eigenvalue weighted by molar-refractivity contribution is 5.72. The van der Waals surface area contributed by atoms with Gasteiger partial charge in [-0.2, -0.15) is 0 Å². The van der Waals surface area contributed by atoms with E-state index in [1.54, 1.807) is 0 Å². The van der Waals surface area contributed by atoms with Crippen LogP contribution in [0.15, 0.2) is 0 Å². The first-order chi connectivity index (χ1) is 5.74. The fourth-order valence-corrected chi connectivity index (χ4v) is 1.44. The van der Waals surface area contributed by atoms with E-state index in [0.717, 1.165) is 25.7 Å². The molecule has 1 saturated heterocycles. The van der Waals surface area contributed by atoms with Gasteiger partial charge in [-0.25, -0.2) is 0 Å². The third-order valence-corrected chi connectivity index (χ3v) is 2.18. The molecule has 0 spiro atoms. The van der Waals surface area contributed by atoms with Crippen molar-refractivity contribution in [3.8, 4) is 0 Å². The Morgan fingerprint density at radius 3 is 2.83 bits per heavy atom. The third kappa shape index (κ3) is 2.48. The first kappa shape index (κ1) is 9.52. The number of aliphatic hydroxyl groups is 1. The van der Waals surface area contributed by atoms with Gasteiger partial charge in [0.2, 0.25) is 0 Å². The second kappa shape index (κ2) is 4.45. The Morgan fingerprint density at radius 2 is 2.33 bits per heavy atom. The highest BCUT2D eigenvalue weighted by Crippen LogP contribution is 2.19. The van der Waals surface area contributed by atoms with Gasteiger partial charge in [-0.3, -0.25) is 4.79 Å². The number of ether oxygens (including phenoxy) is 1. The molecule has 1 aliphatic heterocycles. The van der Waals surface area contributed by atoms with Crippen molar-refractivity contribution >= 4 is 5.97 Å². The summed E-state index contributed by atoms with van der Waals surface area (Å²) in [6.45, 7) is 2.12. The zero-order valence-corrected chi connectivity index (χ0v) is 7.45. The van der Waals surface area contributed by atoms with Crippen molar-refractivity contribution < 1.29 is 14.6 Å². The number of unbranched alkanes of at least 4 members (excludes halogenated alkanes) is 2. The topological polar surface area (TPSA) is 46.5 Å². The zero-order valence-electron chi connectivity index (χ0n) is 7.45. The minimum atomic E-state index is -0.561. The van der Waals surface area contributed by atoms with E-state index in [2.05, 4.69) is 6.92 Å². The van der Waals surface area contributed by atoms with E-state index < -0.39 is 6.10 Å².